The van der Waals surface area contributed by atoms with Gasteiger partial charge in [-0.05, 0) is 24.1 Å². The van der Waals surface area contributed by atoms with Crippen molar-refractivity contribution in [1.82, 2.24) is 4.98 Å². The second-order valence-corrected chi connectivity index (χ2v) is 3.74. The fourth-order valence-electron chi connectivity index (χ4n) is 1.50. The number of aromatic nitrogens is 1. The van der Waals surface area contributed by atoms with E-state index >= 15 is 0 Å². The van der Waals surface area contributed by atoms with Crippen LogP contribution in [0, 0.1) is 6.92 Å². The summed E-state index contributed by atoms with van der Waals surface area (Å²) in [6.07, 6.45) is 0. The molecule has 1 heterocycles. The number of H-pyrrole nitrogens is 1. The smallest absolute Gasteiger partial charge is 0.251 e. The predicted octanol–water partition coefficient (Wildman–Crippen LogP) is 1.84. The van der Waals surface area contributed by atoms with Gasteiger partial charge in [0.25, 0.3) is 5.56 Å². The monoisotopic (exact) mass is 215 g/mol. The van der Waals surface area contributed by atoms with Gasteiger partial charge in [0.2, 0.25) is 0 Å². The van der Waals surface area contributed by atoms with Crippen molar-refractivity contribution in [3.63, 3.8) is 0 Å². The molecule has 0 aliphatic carbocycles. The van der Waals surface area contributed by atoms with Crippen LogP contribution in [0.1, 0.15) is 11.1 Å². The lowest BCUT2D eigenvalue weighted by molar-refractivity contribution is 0.282. The first-order valence-corrected chi connectivity index (χ1v) is 5.11. The molecule has 0 aliphatic rings. The van der Waals surface area contributed by atoms with Crippen molar-refractivity contribution in [3.05, 3.63) is 57.9 Å². The fourth-order valence-corrected chi connectivity index (χ4v) is 1.50. The summed E-state index contributed by atoms with van der Waals surface area (Å²) in [7, 11) is 0. The number of benzene rings is 1. The molecule has 0 fully saturated rings. The Morgan fingerprint density at radius 2 is 1.81 bits per heavy atom. The highest BCUT2D eigenvalue weighted by atomic mass is 16.3. The van der Waals surface area contributed by atoms with E-state index in [0.717, 1.165) is 16.8 Å². The van der Waals surface area contributed by atoms with Crippen LogP contribution < -0.4 is 5.56 Å². The number of aliphatic hydroxyl groups excluding tert-OH is 1. The molecule has 2 N–H and O–H groups in total. The van der Waals surface area contributed by atoms with E-state index in [2.05, 4.69) is 4.98 Å². The normalized spacial score (nSPS) is 10.4. The minimum Gasteiger partial charge on any atom is -0.392 e. The second-order valence-electron chi connectivity index (χ2n) is 3.74. The summed E-state index contributed by atoms with van der Waals surface area (Å²) in [6, 6.07) is 11.1. The van der Waals surface area contributed by atoms with E-state index in [1.807, 2.05) is 30.3 Å². The summed E-state index contributed by atoms with van der Waals surface area (Å²) < 4.78 is 0. The predicted molar refractivity (Wildman–Crippen MR) is 63.2 cm³/mol. The first kappa shape index (κ1) is 10.6. The Hall–Kier alpha value is -1.87. The maximum absolute atomic E-state index is 11.4. The van der Waals surface area contributed by atoms with E-state index in [1.165, 1.54) is 0 Å². The van der Waals surface area contributed by atoms with Gasteiger partial charge in [0.15, 0.2) is 0 Å². The number of aliphatic hydroxyl groups is 1. The minimum atomic E-state index is -0.0660. The topological polar surface area (TPSA) is 53.1 Å². The van der Waals surface area contributed by atoms with Gasteiger partial charge in [-0.25, -0.2) is 0 Å². The molecule has 0 bridgehead atoms. The van der Waals surface area contributed by atoms with Crippen molar-refractivity contribution in [2.24, 2.45) is 0 Å². The lowest BCUT2D eigenvalue weighted by Crippen LogP contribution is -2.09. The van der Waals surface area contributed by atoms with Gasteiger partial charge in [-0.1, -0.05) is 30.3 Å². The number of hydrogen-bond acceptors (Lipinski definition) is 2. The van der Waals surface area contributed by atoms with Gasteiger partial charge in [0.05, 0.1) is 6.61 Å². The molecule has 0 saturated carbocycles. The highest BCUT2D eigenvalue weighted by molar-refractivity contribution is 5.59. The van der Waals surface area contributed by atoms with E-state index in [0.29, 0.717) is 5.56 Å². The Balaban J connectivity index is 2.42. The summed E-state index contributed by atoms with van der Waals surface area (Å²) in [5.41, 5.74) is 3.23. The molecule has 2 aromatic rings. The minimum absolute atomic E-state index is 0.0324. The first-order valence-electron chi connectivity index (χ1n) is 5.11. The maximum Gasteiger partial charge on any atom is 0.251 e. The Kier molecular flexibility index (Phi) is 2.88. The van der Waals surface area contributed by atoms with Gasteiger partial charge in [-0.2, -0.15) is 0 Å². The molecule has 1 aromatic heterocycles. The Bertz CT molecular complexity index is 541. The van der Waals surface area contributed by atoms with Crippen LogP contribution >= 0.6 is 0 Å². The van der Waals surface area contributed by atoms with Crippen molar-refractivity contribution < 1.29 is 5.11 Å². The van der Waals surface area contributed by atoms with Gasteiger partial charge in [0, 0.05) is 11.3 Å². The van der Waals surface area contributed by atoms with Crippen LogP contribution in [-0.4, -0.2) is 10.1 Å². The molecule has 0 amide bonds. The van der Waals surface area contributed by atoms with Gasteiger partial charge in [-0.15, -0.1) is 0 Å². The quantitative estimate of drug-likeness (QED) is 0.803. The third kappa shape index (κ3) is 2.04. The highest BCUT2D eigenvalue weighted by Gasteiger charge is 2.00. The lowest BCUT2D eigenvalue weighted by atomic mass is 10.1. The van der Waals surface area contributed by atoms with Crippen LogP contribution in [0.4, 0.5) is 0 Å². The van der Waals surface area contributed by atoms with E-state index < -0.39 is 0 Å². The largest absolute Gasteiger partial charge is 0.392 e. The van der Waals surface area contributed by atoms with Crippen molar-refractivity contribution >= 4 is 0 Å². The summed E-state index contributed by atoms with van der Waals surface area (Å²) in [5.74, 6) is 0. The van der Waals surface area contributed by atoms with E-state index in [1.54, 1.807) is 13.0 Å². The molecule has 82 valence electrons. The molecule has 0 spiro atoms. The van der Waals surface area contributed by atoms with Gasteiger partial charge < -0.3 is 10.1 Å². The van der Waals surface area contributed by atoms with Crippen LogP contribution in [-0.2, 0) is 6.61 Å². The van der Waals surface area contributed by atoms with Crippen LogP contribution in [0.2, 0.25) is 0 Å². The van der Waals surface area contributed by atoms with Crippen molar-refractivity contribution in [2.45, 2.75) is 13.5 Å². The summed E-state index contributed by atoms with van der Waals surface area (Å²) in [4.78, 5) is 14.3. The fraction of sp³-hybridized carbons (Fsp3) is 0.154. The highest BCUT2D eigenvalue weighted by Crippen LogP contribution is 2.16. The zero-order chi connectivity index (χ0) is 11.5. The maximum atomic E-state index is 11.4. The van der Waals surface area contributed by atoms with Crippen LogP contribution in [0.3, 0.4) is 0 Å². The summed E-state index contributed by atoms with van der Waals surface area (Å²) in [5, 5.41) is 8.92. The van der Waals surface area contributed by atoms with E-state index in [9.17, 15) is 4.79 Å². The average Bonchev–Trinajstić information content (AvgIpc) is 2.33. The molecule has 0 unspecified atom stereocenters. The van der Waals surface area contributed by atoms with E-state index in [4.69, 9.17) is 5.11 Å². The molecule has 0 saturated heterocycles. The number of nitrogens with one attached hydrogen (secondary N) is 1. The molecular weight excluding hydrogens is 202 g/mol. The molecule has 3 nitrogen and oxygen atoms in total. The second kappa shape index (κ2) is 4.33. The lowest BCUT2D eigenvalue weighted by Gasteiger charge is -2.03. The van der Waals surface area contributed by atoms with Crippen LogP contribution in [0.5, 0.6) is 0 Å². The molecular formula is C13H13NO2. The number of pyridine rings is 1. The summed E-state index contributed by atoms with van der Waals surface area (Å²) >= 11 is 0. The molecule has 2 rings (SSSR count). The van der Waals surface area contributed by atoms with Crippen LogP contribution in [0.15, 0.2) is 41.2 Å². The Morgan fingerprint density at radius 1 is 1.12 bits per heavy atom. The standard InChI is InChI=1S/C13H13NO2/c1-9-2-7-12(14-13(9)16)11-5-3-10(8-15)4-6-11/h2-7,15H,8H2,1H3,(H,14,16). The number of aryl methyl sites for hydroxylation is 1. The molecule has 3 heteroatoms. The molecule has 16 heavy (non-hydrogen) atoms. The average molecular weight is 215 g/mol. The van der Waals surface area contributed by atoms with Crippen molar-refractivity contribution in [1.29, 1.82) is 0 Å². The number of rotatable bonds is 2. The number of hydrogen-bond donors (Lipinski definition) is 2. The zero-order valence-electron chi connectivity index (χ0n) is 9.03. The van der Waals surface area contributed by atoms with Gasteiger partial charge in [-0.3, -0.25) is 4.79 Å². The summed E-state index contributed by atoms with van der Waals surface area (Å²) in [6.45, 7) is 1.81. The Morgan fingerprint density at radius 3 is 2.38 bits per heavy atom. The third-order valence-electron chi connectivity index (χ3n) is 2.55. The van der Waals surface area contributed by atoms with E-state index in [-0.39, 0.29) is 12.2 Å². The third-order valence-corrected chi connectivity index (χ3v) is 2.55. The zero-order valence-corrected chi connectivity index (χ0v) is 9.03. The Labute approximate surface area is 93.4 Å². The van der Waals surface area contributed by atoms with Gasteiger partial charge in [0.1, 0.15) is 0 Å². The molecule has 0 aliphatic heterocycles. The number of aromatic amines is 1. The van der Waals surface area contributed by atoms with Crippen LogP contribution in [0.25, 0.3) is 11.3 Å². The molecule has 0 radical (unpaired) electrons. The first-order chi connectivity index (χ1) is 7.70. The van der Waals surface area contributed by atoms with Crippen molar-refractivity contribution in [2.75, 3.05) is 0 Å². The SMILES string of the molecule is Cc1ccc(-c2ccc(CO)cc2)[nH]c1=O. The molecule has 0 atom stereocenters. The molecule has 1 aromatic carbocycles. The van der Waals surface area contributed by atoms with Gasteiger partial charge >= 0.3 is 0 Å². The van der Waals surface area contributed by atoms with Crippen molar-refractivity contribution in [3.8, 4) is 11.3 Å².